The van der Waals surface area contributed by atoms with E-state index in [0.717, 1.165) is 15.8 Å². The second-order valence-electron chi connectivity index (χ2n) is 5.37. The number of benzene rings is 1. The van der Waals surface area contributed by atoms with Gasteiger partial charge in [-0.05, 0) is 31.5 Å². The number of nitrogens with zero attached hydrogens (tertiary/aromatic N) is 2. The van der Waals surface area contributed by atoms with Crippen LogP contribution in [0, 0.1) is 6.92 Å². The van der Waals surface area contributed by atoms with Crippen LogP contribution in [0.2, 0.25) is 0 Å². The van der Waals surface area contributed by atoms with Crippen LogP contribution < -0.4 is 19.5 Å². The molecule has 0 saturated carbocycles. The van der Waals surface area contributed by atoms with E-state index < -0.39 is 0 Å². The number of ether oxygens (including phenoxy) is 3. The molecule has 7 nitrogen and oxygen atoms in total. The van der Waals surface area contributed by atoms with E-state index in [0.29, 0.717) is 34.6 Å². The van der Waals surface area contributed by atoms with Gasteiger partial charge in [0.1, 0.15) is 11.2 Å². The number of aryl methyl sites for hydroxylation is 1. The summed E-state index contributed by atoms with van der Waals surface area (Å²) in [4.78, 5) is 22.4. The normalized spacial score (nSPS) is 12.4. The van der Waals surface area contributed by atoms with E-state index in [-0.39, 0.29) is 12.7 Å². The van der Waals surface area contributed by atoms with Crippen molar-refractivity contribution in [3.8, 4) is 17.4 Å². The van der Waals surface area contributed by atoms with Gasteiger partial charge in [0.2, 0.25) is 12.7 Å². The smallest absolute Gasteiger partial charge is 0.266 e. The van der Waals surface area contributed by atoms with Gasteiger partial charge >= 0.3 is 0 Å². The zero-order chi connectivity index (χ0) is 17.4. The maximum Gasteiger partial charge on any atom is 0.266 e. The van der Waals surface area contributed by atoms with E-state index in [2.05, 4.69) is 15.3 Å². The summed E-state index contributed by atoms with van der Waals surface area (Å²) in [7, 11) is 0. The molecule has 1 N–H and O–H groups in total. The second kappa shape index (κ2) is 6.21. The quantitative estimate of drug-likeness (QED) is 0.771. The van der Waals surface area contributed by atoms with Crippen molar-refractivity contribution in [3.05, 3.63) is 35.0 Å². The lowest BCUT2D eigenvalue weighted by atomic mass is 10.2. The molecule has 0 atom stereocenters. The van der Waals surface area contributed by atoms with Gasteiger partial charge in [-0.3, -0.25) is 4.79 Å². The Morgan fingerprint density at radius 1 is 1.32 bits per heavy atom. The summed E-state index contributed by atoms with van der Waals surface area (Å²) in [5, 5.41) is 3.67. The fourth-order valence-electron chi connectivity index (χ4n) is 2.66. The van der Waals surface area contributed by atoms with Crippen LogP contribution in [-0.2, 0) is 0 Å². The first kappa shape index (κ1) is 15.6. The minimum atomic E-state index is -0.207. The molecular formula is C17H15N3O4S. The van der Waals surface area contributed by atoms with E-state index in [1.807, 2.05) is 13.8 Å². The number of thiophene rings is 1. The molecule has 0 bridgehead atoms. The zero-order valence-corrected chi connectivity index (χ0v) is 14.5. The number of carbonyl (C=O) groups is 1. The number of anilines is 1. The van der Waals surface area contributed by atoms with Crippen molar-refractivity contribution in [1.29, 1.82) is 0 Å². The van der Waals surface area contributed by atoms with Crippen molar-refractivity contribution in [2.45, 2.75) is 13.8 Å². The highest BCUT2D eigenvalue weighted by atomic mass is 32.1. The molecule has 25 heavy (non-hydrogen) atoms. The van der Waals surface area contributed by atoms with Crippen LogP contribution in [0.1, 0.15) is 22.2 Å². The summed E-state index contributed by atoms with van der Waals surface area (Å²) in [6, 6.07) is 5.29. The fraction of sp³-hybridized carbons (Fsp3) is 0.235. The number of nitrogens with one attached hydrogen (secondary N) is 1. The molecule has 0 saturated heterocycles. The third-order valence-corrected chi connectivity index (χ3v) is 5.01. The van der Waals surface area contributed by atoms with Gasteiger partial charge in [0.05, 0.1) is 16.9 Å². The molecule has 1 aliphatic rings. The first-order valence-electron chi connectivity index (χ1n) is 7.75. The molecule has 3 heterocycles. The van der Waals surface area contributed by atoms with Gasteiger partial charge in [0.25, 0.3) is 5.91 Å². The maximum atomic E-state index is 12.7. The number of aromatic nitrogens is 2. The molecule has 4 rings (SSSR count). The Balaban J connectivity index is 1.66. The summed E-state index contributed by atoms with van der Waals surface area (Å²) >= 11 is 1.32. The van der Waals surface area contributed by atoms with Crippen molar-refractivity contribution in [1.82, 2.24) is 9.97 Å². The topological polar surface area (TPSA) is 82.6 Å². The van der Waals surface area contributed by atoms with Crippen LogP contribution in [0.3, 0.4) is 0 Å². The van der Waals surface area contributed by atoms with Gasteiger partial charge in [-0.1, -0.05) is 0 Å². The molecule has 1 aromatic carbocycles. The lowest BCUT2D eigenvalue weighted by Crippen LogP contribution is -2.11. The fourth-order valence-corrected chi connectivity index (χ4v) is 3.70. The Hall–Kier alpha value is -2.87. The molecule has 3 aromatic rings. The average molecular weight is 357 g/mol. The van der Waals surface area contributed by atoms with Crippen molar-refractivity contribution in [2.75, 3.05) is 18.7 Å². The SMILES string of the molecule is CCOc1ncnc2sc(C(=O)Nc3ccc4c(c3)OCO4)c(C)c12. The lowest BCUT2D eigenvalue weighted by Gasteiger charge is -2.06. The largest absolute Gasteiger partial charge is 0.477 e. The number of fused-ring (bicyclic) bond motifs is 2. The van der Waals surface area contributed by atoms with Crippen LogP contribution in [0.25, 0.3) is 10.2 Å². The highest BCUT2D eigenvalue weighted by Gasteiger charge is 2.21. The standard InChI is InChI=1S/C17H15N3O4S/c1-3-22-16-13-9(2)14(25-17(13)19-7-18-16)15(21)20-10-4-5-11-12(6-10)24-8-23-11/h4-7H,3,8H2,1-2H3,(H,20,21). The predicted molar refractivity (Wildman–Crippen MR) is 93.8 cm³/mol. The highest BCUT2D eigenvalue weighted by molar-refractivity contribution is 7.20. The number of hydrogen-bond donors (Lipinski definition) is 1. The minimum absolute atomic E-state index is 0.195. The summed E-state index contributed by atoms with van der Waals surface area (Å²) in [5.74, 6) is 1.59. The van der Waals surface area contributed by atoms with E-state index in [1.165, 1.54) is 17.7 Å². The average Bonchev–Trinajstić information content (AvgIpc) is 3.20. The number of amides is 1. The molecule has 0 spiro atoms. The first-order valence-corrected chi connectivity index (χ1v) is 8.57. The van der Waals surface area contributed by atoms with Gasteiger partial charge in [0, 0.05) is 11.8 Å². The molecule has 1 amide bonds. The Kier molecular flexibility index (Phi) is 3.89. The molecule has 0 unspecified atom stereocenters. The Morgan fingerprint density at radius 3 is 3.00 bits per heavy atom. The number of hydrogen-bond acceptors (Lipinski definition) is 7. The van der Waals surface area contributed by atoms with E-state index in [1.54, 1.807) is 18.2 Å². The van der Waals surface area contributed by atoms with E-state index >= 15 is 0 Å². The van der Waals surface area contributed by atoms with Crippen molar-refractivity contribution in [2.24, 2.45) is 0 Å². The van der Waals surface area contributed by atoms with Crippen LogP contribution in [0.4, 0.5) is 5.69 Å². The van der Waals surface area contributed by atoms with Crippen LogP contribution in [0.15, 0.2) is 24.5 Å². The molecular weight excluding hydrogens is 342 g/mol. The van der Waals surface area contributed by atoms with Gasteiger partial charge < -0.3 is 19.5 Å². The first-order chi connectivity index (χ1) is 12.2. The van der Waals surface area contributed by atoms with Crippen LogP contribution in [0.5, 0.6) is 17.4 Å². The summed E-state index contributed by atoms with van der Waals surface area (Å²) in [5.41, 5.74) is 1.45. The predicted octanol–water partition coefficient (Wildman–Crippen LogP) is 3.38. The molecule has 1 aliphatic heterocycles. The van der Waals surface area contributed by atoms with Gasteiger partial charge in [0.15, 0.2) is 11.5 Å². The van der Waals surface area contributed by atoms with E-state index in [4.69, 9.17) is 14.2 Å². The molecule has 0 aliphatic carbocycles. The van der Waals surface area contributed by atoms with Crippen molar-refractivity contribution in [3.63, 3.8) is 0 Å². The molecule has 128 valence electrons. The Morgan fingerprint density at radius 2 is 2.16 bits per heavy atom. The van der Waals surface area contributed by atoms with Gasteiger partial charge in [-0.2, -0.15) is 0 Å². The number of carbonyl (C=O) groups excluding carboxylic acids is 1. The van der Waals surface area contributed by atoms with Gasteiger partial charge in [-0.15, -0.1) is 11.3 Å². The van der Waals surface area contributed by atoms with Crippen LogP contribution >= 0.6 is 11.3 Å². The lowest BCUT2D eigenvalue weighted by molar-refractivity contribution is 0.103. The van der Waals surface area contributed by atoms with E-state index in [9.17, 15) is 4.79 Å². The Bertz CT molecular complexity index is 970. The molecule has 2 aromatic heterocycles. The summed E-state index contributed by atoms with van der Waals surface area (Å²) in [6.45, 7) is 4.46. The van der Waals surface area contributed by atoms with Crippen molar-refractivity contribution < 1.29 is 19.0 Å². The summed E-state index contributed by atoms with van der Waals surface area (Å²) < 4.78 is 16.2. The monoisotopic (exact) mass is 357 g/mol. The molecule has 0 fully saturated rings. The number of rotatable bonds is 4. The second-order valence-corrected chi connectivity index (χ2v) is 6.37. The zero-order valence-electron chi connectivity index (χ0n) is 13.7. The van der Waals surface area contributed by atoms with Crippen molar-refractivity contribution >= 4 is 33.1 Å². The minimum Gasteiger partial charge on any atom is -0.477 e. The summed E-state index contributed by atoms with van der Waals surface area (Å²) in [6.07, 6.45) is 1.45. The van der Waals surface area contributed by atoms with Crippen LogP contribution in [-0.4, -0.2) is 29.3 Å². The highest BCUT2D eigenvalue weighted by Crippen LogP contribution is 2.36. The molecule has 0 radical (unpaired) electrons. The Labute approximate surface area is 147 Å². The molecule has 8 heteroatoms. The third-order valence-electron chi connectivity index (χ3n) is 3.81. The van der Waals surface area contributed by atoms with Gasteiger partial charge in [-0.25, -0.2) is 9.97 Å². The third kappa shape index (κ3) is 2.74. The maximum absolute atomic E-state index is 12.7.